The molecule has 10 rings (SSSR count). The van der Waals surface area contributed by atoms with Gasteiger partial charge in [-0.2, -0.15) is 0 Å². The summed E-state index contributed by atoms with van der Waals surface area (Å²) in [6, 6.07) is 69.3. The van der Waals surface area contributed by atoms with Crippen LogP contribution in [0.3, 0.4) is 0 Å². The molecule has 2 heteroatoms. The maximum Gasteiger partial charge on any atom is 0.160 e. The monoisotopic (exact) mass is 660 g/mol. The van der Waals surface area contributed by atoms with Crippen molar-refractivity contribution in [3.05, 3.63) is 194 Å². The van der Waals surface area contributed by atoms with Crippen molar-refractivity contribution >= 4 is 43.1 Å². The predicted octanol–water partition coefficient (Wildman–Crippen LogP) is 13.4. The van der Waals surface area contributed by atoms with Crippen LogP contribution in [-0.4, -0.2) is 9.97 Å². The van der Waals surface area contributed by atoms with E-state index in [0.717, 1.165) is 33.6 Å². The van der Waals surface area contributed by atoms with Crippen molar-refractivity contribution in [2.75, 3.05) is 0 Å². The van der Waals surface area contributed by atoms with E-state index < -0.39 is 0 Å². The van der Waals surface area contributed by atoms with Crippen LogP contribution in [-0.2, 0) is 0 Å². The minimum absolute atomic E-state index is 0.701. The number of rotatable bonds is 5. The Kier molecular flexibility index (Phi) is 7.18. The number of hydrogen-bond acceptors (Lipinski definition) is 2. The van der Waals surface area contributed by atoms with Crippen LogP contribution in [0.1, 0.15) is 0 Å². The smallest absolute Gasteiger partial charge is 0.160 e. The highest BCUT2D eigenvalue weighted by molar-refractivity contribution is 6.19. The van der Waals surface area contributed by atoms with E-state index in [0.29, 0.717) is 5.82 Å². The lowest BCUT2D eigenvalue weighted by Crippen LogP contribution is -1.97. The molecule has 0 N–H and O–H groups in total. The second kappa shape index (κ2) is 12.5. The first-order valence-electron chi connectivity index (χ1n) is 17.7. The number of benzene rings is 9. The van der Waals surface area contributed by atoms with Crippen molar-refractivity contribution in [2.24, 2.45) is 0 Å². The molecule has 0 saturated carbocycles. The summed E-state index contributed by atoms with van der Waals surface area (Å²) in [5.41, 5.74) is 9.69. The molecule has 0 aliphatic carbocycles. The molecule has 0 spiro atoms. The van der Waals surface area contributed by atoms with Gasteiger partial charge < -0.3 is 0 Å². The third kappa shape index (κ3) is 5.21. The molecule has 0 saturated heterocycles. The normalized spacial score (nSPS) is 11.5. The summed E-state index contributed by atoms with van der Waals surface area (Å²) in [5, 5.41) is 9.72. The first kappa shape index (κ1) is 30.0. The molecule has 0 radical (unpaired) electrons. The highest BCUT2D eigenvalue weighted by Crippen LogP contribution is 2.40. The van der Waals surface area contributed by atoms with Crippen molar-refractivity contribution in [1.82, 2.24) is 9.97 Å². The average Bonchev–Trinajstić information content (AvgIpc) is 3.23. The molecule has 52 heavy (non-hydrogen) atoms. The number of nitrogens with zero attached hydrogens (tertiary/aromatic N) is 2. The molecular formula is C50H32N2. The standard InChI is InChI=1S/C50H32N2/c1-2-11-33(12-3-1)34-21-27-39(28-22-34)50-51-47(38-25-23-37(24-26-38)42-20-10-16-35-13-4-7-17-41(35)42)32-48(52-50)49-44-19-9-6-15-40(44)31-46-43-18-8-5-14-36(43)29-30-45(46)49/h1-32H. The van der Waals surface area contributed by atoms with Gasteiger partial charge in [0.25, 0.3) is 0 Å². The lowest BCUT2D eigenvalue weighted by Gasteiger charge is -2.16. The van der Waals surface area contributed by atoms with Gasteiger partial charge in [0.2, 0.25) is 0 Å². The zero-order valence-corrected chi connectivity index (χ0v) is 28.4. The SMILES string of the molecule is c1ccc(-c2ccc(-c3nc(-c4ccc(-c5cccc6ccccc56)cc4)cc(-c4c5ccccc5cc5c4ccc4ccccc45)n3)cc2)cc1. The summed E-state index contributed by atoms with van der Waals surface area (Å²) >= 11 is 0. The fourth-order valence-electron chi connectivity index (χ4n) is 7.69. The zero-order valence-electron chi connectivity index (χ0n) is 28.4. The van der Waals surface area contributed by atoms with Gasteiger partial charge in [0, 0.05) is 16.7 Å². The molecule has 242 valence electrons. The fraction of sp³-hybridized carbons (Fsp3) is 0. The Morgan fingerprint density at radius 1 is 0.269 bits per heavy atom. The van der Waals surface area contributed by atoms with Crippen LogP contribution >= 0.6 is 0 Å². The summed E-state index contributed by atoms with van der Waals surface area (Å²) < 4.78 is 0. The van der Waals surface area contributed by atoms with E-state index >= 15 is 0 Å². The molecule has 2 nitrogen and oxygen atoms in total. The molecule has 10 aromatic rings. The molecule has 0 aliphatic rings. The first-order chi connectivity index (χ1) is 25.8. The van der Waals surface area contributed by atoms with E-state index in [-0.39, 0.29) is 0 Å². The topological polar surface area (TPSA) is 25.8 Å². The number of aromatic nitrogens is 2. The van der Waals surface area contributed by atoms with E-state index in [1.807, 2.05) is 6.07 Å². The third-order valence-corrected chi connectivity index (χ3v) is 10.3. The summed E-state index contributed by atoms with van der Waals surface area (Å²) in [4.78, 5) is 10.6. The van der Waals surface area contributed by atoms with Gasteiger partial charge in [0.05, 0.1) is 11.4 Å². The molecular weight excluding hydrogens is 629 g/mol. The second-order valence-corrected chi connectivity index (χ2v) is 13.4. The third-order valence-electron chi connectivity index (χ3n) is 10.3. The quantitative estimate of drug-likeness (QED) is 0.136. The molecule has 0 unspecified atom stereocenters. The average molecular weight is 661 g/mol. The molecule has 0 atom stereocenters. The molecule has 1 heterocycles. The Labute approximate surface area is 302 Å². The lowest BCUT2D eigenvalue weighted by atomic mass is 9.91. The van der Waals surface area contributed by atoms with E-state index in [1.165, 1.54) is 59.8 Å². The number of fused-ring (bicyclic) bond motifs is 5. The molecule has 0 amide bonds. The molecule has 0 aliphatic heterocycles. The van der Waals surface area contributed by atoms with Gasteiger partial charge in [-0.1, -0.05) is 182 Å². The van der Waals surface area contributed by atoms with Crippen molar-refractivity contribution in [2.45, 2.75) is 0 Å². The number of hydrogen-bond donors (Lipinski definition) is 0. The summed E-state index contributed by atoms with van der Waals surface area (Å²) in [6.07, 6.45) is 0. The van der Waals surface area contributed by atoms with Crippen LogP contribution in [0.2, 0.25) is 0 Å². The van der Waals surface area contributed by atoms with E-state index in [2.05, 4.69) is 188 Å². The van der Waals surface area contributed by atoms with Crippen molar-refractivity contribution < 1.29 is 0 Å². The van der Waals surface area contributed by atoms with Crippen LogP contribution in [0.15, 0.2) is 194 Å². The van der Waals surface area contributed by atoms with Crippen LogP contribution in [0.5, 0.6) is 0 Å². The summed E-state index contributed by atoms with van der Waals surface area (Å²) in [5.74, 6) is 0.701. The van der Waals surface area contributed by atoms with Crippen LogP contribution in [0.25, 0.3) is 99.2 Å². The fourth-order valence-corrected chi connectivity index (χ4v) is 7.69. The van der Waals surface area contributed by atoms with Gasteiger partial charge in [-0.25, -0.2) is 9.97 Å². The van der Waals surface area contributed by atoms with Crippen molar-refractivity contribution in [3.8, 4) is 56.2 Å². The molecule has 0 bridgehead atoms. The van der Waals surface area contributed by atoms with E-state index in [1.54, 1.807) is 0 Å². The van der Waals surface area contributed by atoms with Gasteiger partial charge in [0.15, 0.2) is 5.82 Å². The van der Waals surface area contributed by atoms with Crippen molar-refractivity contribution in [1.29, 1.82) is 0 Å². The van der Waals surface area contributed by atoms with Crippen LogP contribution in [0.4, 0.5) is 0 Å². The van der Waals surface area contributed by atoms with E-state index in [9.17, 15) is 0 Å². The van der Waals surface area contributed by atoms with Gasteiger partial charge in [-0.15, -0.1) is 0 Å². The Hall–Kier alpha value is -6.90. The van der Waals surface area contributed by atoms with Crippen LogP contribution in [0, 0.1) is 0 Å². The van der Waals surface area contributed by atoms with Crippen LogP contribution < -0.4 is 0 Å². The minimum Gasteiger partial charge on any atom is -0.228 e. The highest BCUT2D eigenvalue weighted by Gasteiger charge is 2.17. The minimum atomic E-state index is 0.701. The van der Waals surface area contributed by atoms with Gasteiger partial charge >= 0.3 is 0 Å². The van der Waals surface area contributed by atoms with Crippen molar-refractivity contribution in [3.63, 3.8) is 0 Å². The Bertz CT molecular complexity index is 2920. The summed E-state index contributed by atoms with van der Waals surface area (Å²) in [6.45, 7) is 0. The zero-order chi connectivity index (χ0) is 34.4. The van der Waals surface area contributed by atoms with E-state index in [4.69, 9.17) is 9.97 Å². The molecule has 9 aromatic carbocycles. The second-order valence-electron chi connectivity index (χ2n) is 13.4. The molecule has 1 aromatic heterocycles. The highest BCUT2D eigenvalue weighted by atomic mass is 14.9. The van der Waals surface area contributed by atoms with Gasteiger partial charge in [-0.3, -0.25) is 0 Å². The molecule has 0 fully saturated rings. The maximum atomic E-state index is 5.37. The largest absolute Gasteiger partial charge is 0.228 e. The first-order valence-corrected chi connectivity index (χ1v) is 17.7. The van der Waals surface area contributed by atoms with Gasteiger partial charge in [-0.05, 0) is 77.5 Å². The lowest BCUT2D eigenvalue weighted by molar-refractivity contribution is 1.19. The summed E-state index contributed by atoms with van der Waals surface area (Å²) in [7, 11) is 0. The van der Waals surface area contributed by atoms with Gasteiger partial charge in [0.1, 0.15) is 0 Å². The Balaban J connectivity index is 1.18. The maximum absolute atomic E-state index is 5.37. The predicted molar refractivity (Wildman–Crippen MR) is 219 cm³/mol. The Morgan fingerprint density at radius 2 is 0.827 bits per heavy atom. The Morgan fingerprint density at radius 3 is 1.62 bits per heavy atom.